The van der Waals surface area contributed by atoms with Gasteiger partial charge in [-0.25, -0.2) is 4.79 Å². The van der Waals surface area contributed by atoms with Gasteiger partial charge in [-0.3, -0.25) is 0 Å². The second-order valence-electron chi connectivity index (χ2n) is 5.44. The number of carboxylic acids is 1. The Hall–Kier alpha value is -1.55. The van der Waals surface area contributed by atoms with Gasteiger partial charge in [0.25, 0.3) is 0 Å². The monoisotopic (exact) mass is 337 g/mol. The van der Waals surface area contributed by atoms with Crippen molar-refractivity contribution >= 4 is 33.7 Å². The molecular weight excluding hydrogens is 318 g/mol. The molecule has 1 aromatic carbocycles. The van der Waals surface area contributed by atoms with E-state index in [0.717, 1.165) is 21.8 Å². The number of aliphatic carboxylic acids is 1. The Morgan fingerprint density at radius 1 is 1.45 bits per heavy atom. The van der Waals surface area contributed by atoms with Crippen molar-refractivity contribution in [3.63, 3.8) is 0 Å². The maximum absolute atomic E-state index is 10.7. The quantitative estimate of drug-likeness (QED) is 0.641. The van der Waals surface area contributed by atoms with Crippen molar-refractivity contribution in [3.05, 3.63) is 47.0 Å². The fourth-order valence-electron chi connectivity index (χ4n) is 1.92. The minimum absolute atomic E-state index is 0.0964. The van der Waals surface area contributed by atoms with Crippen LogP contribution in [0.25, 0.3) is 6.08 Å². The van der Waals surface area contributed by atoms with Gasteiger partial charge >= 0.3 is 5.97 Å². The Morgan fingerprint density at radius 3 is 2.60 bits per heavy atom. The molecule has 0 saturated carbocycles. The molecule has 1 rings (SSSR count). The maximum atomic E-state index is 10.7. The van der Waals surface area contributed by atoms with Crippen LogP contribution >= 0.6 is 15.9 Å². The molecular formula is C16H20BrNO2. The van der Waals surface area contributed by atoms with Crippen LogP contribution in [0.2, 0.25) is 0 Å². The molecule has 0 unspecified atom stereocenters. The first-order chi connectivity index (χ1) is 9.25. The van der Waals surface area contributed by atoms with Crippen LogP contribution in [0.5, 0.6) is 0 Å². The summed E-state index contributed by atoms with van der Waals surface area (Å²) in [6, 6.07) is 5.80. The molecule has 20 heavy (non-hydrogen) atoms. The summed E-state index contributed by atoms with van der Waals surface area (Å²) in [7, 11) is 0. The Labute approximate surface area is 128 Å². The first-order valence-electron chi connectivity index (χ1n) is 6.35. The van der Waals surface area contributed by atoms with Crippen molar-refractivity contribution in [1.82, 2.24) is 0 Å². The van der Waals surface area contributed by atoms with Gasteiger partial charge in [-0.15, -0.1) is 6.58 Å². The highest BCUT2D eigenvalue weighted by molar-refractivity contribution is 9.10. The second kappa shape index (κ2) is 6.75. The molecule has 1 N–H and O–H groups in total. The zero-order chi connectivity index (χ0) is 15.3. The summed E-state index contributed by atoms with van der Waals surface area (Å²) in [5.74, 6) is -0.954. The smallest absolute Gasteiger partial charge is 0.328 e. The predicted octanol–water partition coefficient (Wildman–Crippen LogP) is 4.34. The average molecular weight is 338 g/mol. The first-order valence-corrected chi connectivity index (χ1v) is 7.14. The molecule has 0 bridgehead atoms. The summed E-state index contributed by atoms with van der Waals surface area (Å²) >= 11 is 3.47. The van der Waals surface area contributed by atoms with Gasteiger partial charge < -0.3 is 10.0 Å². The predicted molar refractivity (Wildman–Crippen MR) is 88.1 cm³/mol. The van der Waals surface area contributed by atoms with Gasteiger partial charge in [-0.1, -0.05) is 28.1 Å². The summed E-state index contributed by atoms with van der Waals surface area (Å²) in [6.45, 7) is 10.8. The molecule has 3 nitrogen and oxygen atoms in total. The van der Waals surface area contributed by atoms with Crippen molar-refractivity contribution in [2.45, 2.75) is 26.3 Å². The number of benzene rings is 1. The Kier molecular flexibility index (Phi) is 5.57. The van der Waals surface area contributed by atoms with Crippen molar-refractivity contribution in [3.8, 4) is 0 Å². The Balaban J connectivity index is 3.34. The third kappa shape index (κ3) is 4.53. The third-order valence-electron chi connectivity index (χ3n) is 2.81. The molecule has 0 spiro atoms. The number of anilines is 1. The average Bonchev–Trinajstić information content (AvgIpc) is 2.32. The largest absolute Gasteiger partial charge is 0.478 e. The number of hydrogen-bond donors (Lipinski definition) is 1. The van der Waals surface area contributed by atoms with E-state index < -0.39 is 5.97 Å². The standard InChI is InChI=1S/C16H20BrNO2/c1-5-10-18(16(2,3)4)14-11-13(17)8-6-12(14)7-9-15(19)20/h5-9,11H,1,10H2,2-4H3,(H,19,20)/b9-7+. The summed E-state index contributed by atoms with van der Waals surface area (Å²) in [5.41, 5.74) is 1.75. The zero-order valence-electron chi connectivity index (χ0n) is 12.1. The van der Waals surface area contributed by atoms with Crippen LogP contribution in [-0.4, -0.2) is 23.2 Å². The molecule has 108 valence electrons. The van der Waals surface area contributed by atoms with E-state index >= 15 is 0 Å². The van der Waals surface area contributed by atoms with Gasteiger partial charge in [0.15, 0.2) is 0 Å². The van der Waals surface area contributed by atoms with Crippen molar-refractivity contribution in [2.75, 3.05) is 11.4 Å². The fourth-order valence-corrected chi connectivity index (χ4v) is 2.26. The van der Waals surface area contributed by atoms with E-state index in [-0.39, 0.29) is 5.54 Å². The summed E-state index contributed by atoms with van der Waals surface area (Å²) < 4.78 is 0.957. The van der Waals surface area contributed by atoms with E-state index in [1.54, 1.807) is 6.08 Å². The Bertz CT molecular complexity index is 530. The molecule has 0 fully saturated rings. The van der Waals surface area contributed by atoms with Crippen LogP contribution in [0.3, 0.4) is 0 Å². The number of hydrogen-bond acceptors (Lipinski definition) is 2. The molecule has 0 heterocycles. The van der Waals surface area contributed by atoms with E-state index in [4.69, 9.17) is 5.11 Å². The van der Waals surface area contributed by atoms with E-state index in [1.165, 1.54) is 0 Å². The molecule has 4 heteroatoms. The van der Waals surface area contributed by atoms with E-state index in [1.807, 2.05) is 24.3 Å². The Morgan fingerprint density at radius 2 is 2.10 bits per heavy atom. The van der Waals surface area contributed by atoms with Gasteiger partial charge in [0.05, 0.1) is 0 Å². The summed E-state index contributed by atoms with van der Waals surface area (Å²) in [4.78, 5) is 12.9. The SMILES string of the molecule is C=CCN(c1cc(Br)ccc1/C=C/C(=O)O)C(C)(C)C. The van der Waals surface area contributed by atoms with E-state index in [2.05, 4.69) is 48.2 Å². The third-order valence-corrected chi connectivity index (χ3v) is 3.30. The van der Waals surface area contributed by atoms with Gasteiger partial charge in [0.1, 0.15) is 0 Å². The van der Waals surface area contributed by atoms with Crippen LogP contribution in [0.1, 0.15) is 26.3 Å². The maximum Gasteiger partial charge on any atom is 0.328 e. The van der Waals surface area contributed by atoms with Crippen LogP contribution in [0.15, 0.2) is 41.4 Å². The minimum atomic E-state index is -0.954. The van der Waals surface area contributed by atoms with Gasteiger partial charge in [0, 0.05) is 28.3 Å². The lowest BCUT2D eigenvalue weighted by Crippen LogP contribution is -2.42. The van der Waals surface area contributed by atoms with Crippen molar-refractivity contribution < 1.29 is 9.90 Å². The lowest BCUT2D eigenvalue weighted by molar-refractivity contribution is -0.131. The zero-order valence-corrected chi connectivity index (χ0v) is 13.6. The second-order valence-corrected chi connectivity index (χ2v) is 6.36. The van der Waals surface area contributed by atoms with Gasteiger partial charge in [-0.2, -0.15) is 0 Å². The lowest BCUT2D eigenvalue weighted by Gasteiger charge is -2.38. The lowest BCUT2D eigenvalue weighted by atomic mass is 10.0. The highest BCUT2D eigenvalue weighted by atomic mass is 79.9. The van der Waals surface area contributed by atoms with Crippen LogP contribution < -0.4 is 4.90 Å². The number of carbonyl (C=O) groups is 1. The van der Waals surface area contributed by atoms with Crippen molar-refractivity contribution in [1.29, 1.82) is 0 Å². The van der Waals surface area contributed by atoms with Crippen LogP contribution in [0, 0.1) is 0 Å². The normalized spacial score (nSPS) is 11.6. The number of carboxylic acid groups (broad SMARTS) is 1. The number of halogens is 1. The molecule has 0 atom stereocenters. The summed E-state index contributed by atoms with van der Waals surface area (Å²) in [5, 5.41) is 8.80. The molecule has 0 aromatic heterocycles. The molecule has 0 aliphatic carbocycles. The molecule has 0 aliphatic heterocycles. The van der Waals surface area contributed by atoms with Crippen LogP contribution in [-0.2, 0) is 4.79 Å². The van der Waals surface area contributed by atoms with E-state index in [0.29, 0.717) is 6.54 Å². The molecule has 1 aromatic rings. The van der Waals surface area contributed by atoms with Crippen molar-refractivity contribution in [2.24, 2.45) is 0 Å². The van der Waals surface area contributed by atoms with E-state index in [9.17, 15) is 4.79 Å². The number of nitrogens with zero attached hydrogens (tertiary/aromatic N) is 1. The highest BCUT2D eigenvalue weighted by Gasteiger charge is 2.22. The molecule has 0 radical (unpaired) electrons. The minimum Gasteiger partial charge on any atom is -0.478 e. The first kappa shape index (κ1) is 16.5. The topological polar surface area (TPSA) is 40.5 Å². The summed E-state index contributed by atoms with van der Waals surface area (Å²) in [6.07, 6.45) is 4.62. The highest BCUT2D eigenvalue weighted by Crippen LogP contribution is 2.31. The molecule has 0 amide bonds. The van der Waals surface area contributed by atoms with Gasteiger partial charge in [-0.05, 0) is 44.5 Å². The fraction of sp³-hybridized carbons (Fsp3) is 0.312. The van der Waals surface area contributed by atoms with Crippen LogP contribution in [0.4, 0.5) is 5.69 Å². The number of rotatable bonds is 5. The molecule has 0 aliphatic rings. The van der Waals surface area contributed by atoms with Gasteiger partial charge in [0.2, 0.25) is 0 Å². The molecule has 0 saturated heterocycles.